The third kappa shape index (κ3) is 1.02. The Kier molecular flexibility index (Phi) is 1.40. The first-order valence-corrected chi connectivity index (χ1v) is 2.55. The van der Waals surface area contributed by atoms with Crippen LogP contribution in [0.25, 0.3) is 0 Å². The lowest BCUT2D eigenvalue weighted by Gasteiger charge is -2.17. The van der Waals surface area contributed by atoms with E-state index in [2.05, 4.69) is 5.32 Å². The predicted octanol–water partition coefficient (Wildman–Crippen LogP) is -1.81. The molecule has 0 aliphatic carbocycles. The van der Waals surface area contributed by atoms with E-state index in [1.54, 1.807) is 0 Å². The van der Waals surface area contributed by atoms with Crippen molar-refractivity contribution in [2.75, 3.05) is 13.3 Å². The summed E-state index contributed by atoms with van der Waals surface area (Å²) >= 11 is 0. The van der Waals surface area contributed by atoms with E-state index in [1.165, 1.54) is 0 Å². The molecule has 0 spiro atoms. The van der Waals surface area contributed by atoms with Gasteiger partial charge in [0, 0.05) is 0 Å². The SMILES string of the molecule is N=C(N)C1(O)COCN1. The Morgan fingerprint density at radius 3 is 2.78 bits per heavy atom. The molecule has 5 nitrogen and oxygen atoms in total. The molecule has 0 radical (unpaired) electrons. The first-order valence-electron chi connectivity index (χ1n) is 2.55. The van der Waals surface area contributed by atoms with Gasteiger partial charge in [0.25, 0.3) is 0 Å². The summed E-state index contributed by atoms with van der Waals surface area (Å²) in [6, 6.07) is 0. The van der Waals surface area contributed by atoms with E-state index in [0.717, 1.165) is 0 Å². The summed E-state index contributed by atoms with van der Waals surface area (Å²) in [5.74, 6) is -0.306. The highest BCUT2D eigenvalue weighted by molar-refractivity contribution is 5.85. The van der Waals surface area contributed by atoms with Gasteiger partial charge in [-0.15, -0.1) is 0 Å². The summed E-state index contributed by atoms with van der Waals surface area (Å²) < 4.78 is 4.74. The van der Waals surface area contributed by atoms with Crippen LogP contribution in [0.1, 0.15) is 0 Å². The number of nitrogens with one attached hydrogen (secondary N) is 2. The summed E-state index contributed by atoms with van der Waals surface area (Å²) in [5.41, 5.74) is 3.61. The van der Waals surface area contributed by atoms with Gasteiger partial charge in [0.2, 0.25) is 0 Å². The van der Waals surface area contributed by atoms with E-state index in [4.69, 9.17) is 15.9 Å². The van der Waals surface area contributed by atoms with E-state index in [1.807, 2.05) is 0 Å². The van der Waals surface area contributed by atoms with Gasteiger partial charge in [-0.25, -0.2) is 0 Å². The van der Waals surface area contributed by atoms with Crippen molar-refractivity contribution in [3.05, 3.63) is 0 Å². The first-order chi connectivity index (χ1) is 4.15. The zero-order chi connectivity index (χ0) is 6.91. The Morgan fingerprint density at radius 1 is 1.89 bits per heavy atom. The van der Waals surface area contributed by atoms with E-state index in [9.17, 15) is 5.11 Å². The van der Waals surface area contributed by atoms with Gasteiger partial charge >= 0.3 is 0 Å². The number of amidine groups is 1. The monoisotopic (exact) mass is 131 g/mol. The molecule has 0 saturated carbocycles. The van der Waals surface area contributed by atoms with Crippen molar-refractivity contribution in [3.8, 4) is 0 Å². The molecular formula is C4H9N3O2. The lowest BCUT2D eigenvalue weighted by Crippen LogP contribution is -2.53. The molecule has 1 fully saturated rings. The van der Waals surface area contributed by atoms with Gasteiger partial charge < -0.3 is 15.6 Å². The zero-order valence-electron chi connectivity index (χ0n) is 4.85. The Hall–Kier alpha value is -0.650. The maximum atomic E-state index is 9.18. The smallest absolute Gasteiger partial charge is 0.199 e. The van der Waals surface area contributed by atoms with Crippen LogP contribution in [-0.4, -0.2) is 30.0 Å². The van der Waals surface area contributed by atoms with Crippen molar-refractivity contribution in [2.45, 2.75) is 5.72 Å². The number of hydrogen-bond donors (Lipinski definition) is 4. The molecule has 52 valence electrons. The van der Waals surface area contributed by atoms with Gasteiger partial charge in [0.15, 0.2) is 5.72 Å². The second-order valence-electron chi connectivity index (χ2n) is 1.94. The average Bonchev–Trinajstić information content (AvgIpc) is 2.16. The van der Waals surface area contributed by atoms with E-state index in [-0.39, 0.29) is 19.2 Å². The fraction of sp³-hybridized carbons (Fsp3) is 0.750. The number of hydrogen-bond acceptors (Lipinski definition) is 4. The molecule has 0 bridgehead atoms. The maximum Gasteiger partial charge on any atom is 0.199 e. The van der Waals surface area contributed by atoms with Crippen LogP contribution in [0.2, 0.25) is 0 Å². The molecule has 1 aliphatic heterocycles. The van der Waals surface area contributed by atoms with Gasteiger partial charge in [-0.2, -0.15) is 0 Å². The standard InChI is InChI=1S/C4H9N3O2/c5-3(6)4(8)1-9-2-7-4/h7-8H,1-2H2,(H3,5,6). The summed E-state index contributed by atoms with van der Waals surface area (Å²) in [6.45, 7) is 0.304. The lowest BCUT2D eigenvalue weighted by molar-refractivity contribution is 0.0741. The Morgan fingerprint density at radius 2 is 2.56 bits per heavy atom. The number of rotatable bonds is 1. The van der Waals surface area contributed by atoms with Crippen LogP contribution in [0.15, 0.2) is 0 Å². The Balaban J connectivity index is 2.61. The highest BCUT2D eigenvalue weighted by Crippen LogP contribution is 2.04. The molecule has 1 unspecified atom stereocenters. The Bertz CT molecular complexity index is 130. The summed E-state index contributed by atoms with van der Waals surface area (Å²) in [5, 5.41) is 18.6. The molecule has 1 heterocycles. The molecule has 0 aromatic heterocycles. The normalized spacial score (nSPS) is 34.8. The summed E-state index contributed by atoms with van der Waals surface area (Å²) in [7, 11) is 0. The molecule has 5 N–H and O–H groups in total. The van der Waals surface area contributed by atoms with Crippen molar-refractivity contribution < 1.29 is 9.84 Å². The molecule has 1 saturated heterocycles. The van der Waals surface area contributed by atoms with Crippen LogP contribution in [0.5, 0.6) is 0 Å². The van der Waals surface area contributed by atoms with Crippen LogP contribution in [0.3, 0.4) is 0 Å². The van der Waals surface area contributed by atoms with Crippen LogP contribution in [0.4, 0.5) is 0 Å². The first kappa shape index (κ1) is 6.47. The van der Waals surface area contributed by atoms with Gasteiger partial charge in [-0.3, -0.25) is 10.7 Å². The average molecular weight is 131 g/mol. The van der Waals surface area contributed by atoms with Crippen LogP contribution < -0.4 is 11.1 Å². The van der Waals surface area contributed by atoms with Crippen molar-refractivity contribution in [1.82, 2.24) is 5.32 Å². The summed E-state index contributed by atoms with van der Waals surface area (Å²) in [4.78, 5) is 0. The van der Waals surface area contributed by atoms with E-state index >= 15 is 0 Å². The molecule has 0 aromatic rings. The minimum absolute atomic E-state index is 0.0579. The molecule has 0 aromatic carbocycles. The molecule has 1 atom stereocenters. The fourth-order valence-corrected chi connectivity index (χ4v) is 0.593. The second-order valence-corrected chi connectivity index (χ2v) is 1.94. The second kappa shape index (κ2) is 1.94. The quantitative estimate of drug-likeness (QED) is 0.249. The molecule has 1 aliphatic rings. The van der Waals surface area contributed by atoms with Crippen molar-refractivity contribution in [1.29, 1.82) is 5.41 Å². The minimum atomic E-state index is -1.42. The third-order valence-electron chi connectivity index (χ3n) is 1.22. The molecular weight excluding hydrogens is 122 g/mol. The topological polar surface area (TPSA) is 91.4 Å². The van der Waals surface area contributed by atoms with Crippen molar-refractivity contribution in [3.63, 3.8) is 0 Å². The molecule has 5 heteroatoms. The zero-order valence-corrected chi connectivity index (χ0v) is 4.85. The van der Waals surface area contributed by atoms with Crippen molar-refractivity contribution >= 4 is 5.84 Å². The third-order valence-corrected chi connectivity index (χ3v) is 1.22. The molecule has 1 rings (SSSR count). The largest absolute Gasteiger partial charge is 0.384 e. The van der Waals surface area contributed by atoms with Gasteiger partial charge in [-0.1, -0.05) is 0 Å². The number of nitrogens with two attached hydrogens (primary N) is 1. The molecule has 9 heavy (non-hydrogen) atoms. The van der Waals surface area contributed by atoms with Gasteiger partial charge in [-0.05, 0) is 0 Å². The Labute approximate surface area is 52.3 Å². The number of aliphatic hydroxyl groups is 1. The predicted molar refractivity (Wildman–Crippen MR) is 30.8 cm³/mol. The van der Waals surface area contributed by atoms with Gasteiger partial charge in [0.05, 0.1) is 13.3 Å². The molecule has 0 amide bonds. The van der Waals surface area contributed by atoms with Crippen LogP contribution in [-0.2, 0) is 4.74 Å². The van der Waals surface area contributed by atoms with Crippen LogP contribution in [0, 0.1) is 5.41 Å². The van der Waals surface area contributed by atoms with E-state index in [0.29, 0.717) is 0 Å². The number of ether oxygens (including phenoxy) is 1. The highest BCUT2D eigenvalue weighted by atomic mass is 16.5. The maximum absolute atomic E-state index is 9.18. The van der Waals surface area contributed by atoms with E-state index < -0.39 is 5.72 Å². The minimum Gasteiger partial charge on any atom is -0.384 e. The van der Waals surface area contributed by atoms with Gasteiger partial charge in [0.1, 0.15) is 5.84 Å². The fourth-order valence-electron chi connectivity index (χ4n) is 0.593. The van der Waals surface area contributed by atoms with Crippen LogP contribution >= 0.6 is 0 Å². The summed E-state index contributed by atoms with van der Waals surface area (Å²) in [6.07, 6.45) is 0. The van der Waals surface area contributed by atoms with Crippen molar-refractivity contribution in [2.24, 2.45) is 5.73 Å². The highest BCUT2D eigenvalue weighted by Gasteiger charge is 2.34. The lowest BCUT2D eigenvalue weighted by atomic mass is 10.2.